The summed E-state index contributed by atoms with van der Waals surface area (Å²) in [6.07, 6.45) is 14.7. The number of benzene rings is 1. The first-order valence-electron chi connectivity index (χ1n) is 11.1. The Morgan fingerprint density at radius 2 is 1.69 bits per heavy atom. The minimum Gasteiger partial charge on any atom is -0.478 e. The Morgan fingerprint density at radius 1 is 1.00 bits per heavy atom. The van der Waals surface area contributed by atoms with Gasteiger partial charge in [-0.25, -0.2) is 4.79 Å². The van der Waals surface area contributed by atoms with E-state index in [-0.39, 0.29) is 10.8 Å². The minimum atomic E-state index is -0.852. The number of carboxylic acids is 1. The van der Waals surface area contributed by atoms with E-state index in [2.05, 4.69) is 52.0 Å². The van der Waals surface area contributed by atoms with Crippen molar-refractivity contribution in [3.8, 4) is 0 Å². The number of fused-ring (bicyclic) bond motifs is 1. The van der Waals surface area contributed by atoms with Crippen LogP contribution in [-0.2, 0) is 15.6 Å². The van der Waals surface area contributed by atoms with Crippen LogP contribution in [0.2, 0.25) is 0 Å². The van der Waals surface area contributed by atoms with Crippen molar-refractivity contribution in [2.75, 3.05) is 0 Å². The predicted octanol–water partition coefficient (Wildman–Crippen LogP) is 7.34. The van der Waals surface area contributed by atoms with Crippen molar-refractivity contribution >= 4 is 11.5 Å². The van der Waals surface area contributed by atoms with E-state index in [4.69, 9.17) is 0 Å². The van der Waals surface area contributed by atoms with Gasteiger partial charge in [0.05, 0.1) is 5.57 Å². The topological polar surface area (TPSA) is 37.3 Å². The van der Waals surface area contributed by atoms with Crippen LogP contribution in [-0.4, -0.2) is 11.1 Å². The molecule has 0 spiro atoms. The number of aliphatic carboxylic acids is 1. The lowest BCUT2D eigenvalue weighted by Crippen LogP contribution is -2.33. The van der Waals surface area contributed by atoms with Crippen LogP contribution in [0.4, 0.5) is 0 Å². The molecule has 0 fully saturated rings. The molecule has 0 unspecified atom stereocenters. The second-order valence-corrected chi connectivity index (χ2v) is 10.1. The molecule has 156 valence electrons. The molecule has 0 amide bonds. The van der Waals surface area contributed by atoms with Gasteiger partial charge in [0.2, 0.25) is 0 Å². The van der Waals surface area contributed by atoms with Crippen LogP contribution in [0.25, 0.3) is 5.57 Å². The Balaban J connectivity index is 2.02. The van der Waals surface area contributed by atoms with Gasteiger partial charge < -0.3 is 5.11 Å². The zero-order valence-corrected chi connectivity index (χ0v) is 18.8. The first-order chi connectivity index (χ1) is 13.6. The van der Waals surface area contributed by atoms with Gasteiger partial charge in [0.25, 0.3) is 0 Å². The van der Waals surface area contributed by atoms with Crippen molar-refractivity contribution in [1.29, 1.82) is 0 Å². The fourth-order valence-electron chi connectivity index (χ4n) is 4.77. The number of rotatable bonds is 4. The van der Waals surface area contributed by atoms with Gasteiger partial charge in [-0.05, 0) is 78.5 Å². The van der Waals surface area contributed by atoms with E-state index in [1.807, 2.05) is 19.1 Å². The highest BCUT2D eigenvalue weighted by atomic mass is 16.4. The second-order valence-electron chi connectivity index (χ2n) is 10.1. The van der Waals surface area contributed by atoms with Crippen molar-refractivity contribution in [1.82, 2.24) is 0 Å². The molecule has 0 aromatic heterocycles. The highest BCUT2D eigenvalue weighted by Gasteiger charge is 2.37. The van der Waals surface area contributed by atoms with Crippen LogP contribution >= 0.6 is 0 Å². The largest absolute Gasteiger partial charge is 0.478 e. The van der Waals surface area contributed by atoms with E-state index in [1.165, 1.54) is 36.0 Å². The van der Waals surface area contributed by atoms with Crippen LogP contribution in [0.3, 0.4) is 0 Å². The third-order valence-corrected chi connectivity index (χ3v) is 6.87. The highest BCUT2D eigenvalue weighted by Crippen LogP contribution is 2.46. The molecule has 2 heteroatoms. The standard InChI is InChI=1S/C27H36O2/c1-19(12-13-20-10-8-6-7-9-11-20)24(25(28)29)21-14-15-22-23(18-21)27(4,5)17-16-26(22,2)3/h10,12-15,18H,6-9,11,16-17H2,1-5H3,(H,28,29). The second kappa shape index (κ2) is 8.34. The lowest BCUT2D eigenvalue weighted by molar-refractivity contribution is -0.130. The molecule has 1 aromatic carbocycles. The summed E-state index contributed by atoms with van der Waals surface area (Å²) in [4.78, 5) is 12.2. The molecular weight excluding hydrogens is 356 g/mol. The maximum Gasteiger partial charge on any atom is 0.336 e. The van der Waals surface area contributed by atoms with E-state index in [0.29, 0.717) is 5.57 Å². The lowest BCUT2D eigenvalue weighted by atomic mass is 9.63. The van der Waals surface area contributed by atoms with Crippen LogP contribution in [0, 0.1) is 0 Å². The van der Waals surface area contributed by atoms with Crippen molar-refractivity contribution in [3.05, 3.63) is 64.3 Å². The van der Waals surface area contributed by atoms with Crippen molar-refractivity contribution in [2.24, 2.45) is 0 Å². The number of hydrogen-bond donors (Lipinski definition) is 1. The summed E-state index contributed by atoms with van der Waals surface area (Å²) in [7, 11) is 0. The van der Waals surface area contributed by atoms with Crippen LogP contribution in [0.5, 0.6) is 0 Å². The molecule has 0 saturated heterocycles. The molecule has 0 heterocycles. The summed E-state index contributed by atoms with van der Waals surface area (Å²) in [6, 6.07) is 6.31. The Bertz CT molecular complexity index is 878. The zero-order chi connectivity index (χ0) is 21.2. The average molecular weight is 393 g/mol. The van der Waals surface area contributed by atoms with Gasteiger partial charge in [-0.1, -0.05) is 76.1 Å². The quantitative estimate of drug-likeness (QED) is 0.430. The van der Waals surface area contributed by atoms with Gasteiger partial charge in [-0.3, -0.25) is 0 Å². The monoisotopic (exact) mass is 392 g/mol. The minimum absolute atomic E-state index is 0.0688. The van der Waals surface area contributed by atoms with Gasteiger partial charge in [0, 0.05) is 0 Å². The number of carboxylic acid groups (broad SMARTS) is 1. The van der Waals surface area contributed by atoms with E-state index >= 15 is 0 Å². The molecule has 0 saturated carbocycles. The third kappa shape index (κ3) is 4.74. The molecule has 1 N–H and O–H groups in total. The molecule has 2 aliphatic carbocycles. The summed E-state index contributed by atoms with van der Waals surface area (Å²) < 4.78 is 0. The summed E-state index contributed by atoms with van der Waals surface area (Å²) in [5.41, 5.74) is 6.25. The predicted molar refractivity (Wildman–Crippen MR) is 122 cm³/mol. The Morgan fingerprint density at radius 3 is 2.38 bits per heavy atom. The van der Waals surface area contributed by atoms with Crippen LogP contribution in [0.1, 0.15) is 96.3 Å². The molecule has 2 aliphatic rings. The highest BCUT2D eigenvalue weighted by molar-refractivity contribution is 6.17. The number of allylic oxidation sites excluding steroid dienone is 5. The van der Waals surface area contributed by atoms with Crippen molar-refractivity contribution < 1.29 is 9.90 Å². The number of carbonyl (C=O) groups is 1. The smallest absolute Gasteiger partial charge is 0.336 e. The molecule has 29 heavy (non-hydrogen) atoms. The summed E-state index contributed by atoms with van der Waals surface area (Å²) in [5, 5.41) is 10.0. The van der Waals surface area contributed by atoms with Crippen LogP contribution < -0.4 is 0 Å². The maximum atomic E-state index is 12.2. The molecule has 0 aliphatic heterocycles. The van der Waals surface area contributed by atoms with Crippen molar-refractivity contribution in [3.63, 3.8) is 0 Å². The van der Waals surface area contributed by atoms with E-state index in [0.717, 1.165) is 36.8 Å². The molecule has 0 radical (unpaired) electrons. The normalized spacial score (nSPS) is 21.8. The number of hydrogen-bond acceptors (Lipinski definition) is 1. The summed E-state index contributed by atoms with van der Waals surface area (Å²) in [6.45, 7) is 11.1. The molecule has 2 nitrogen and oxygen atoms in total. The van der Waals surface area contributed by atoms with Gasteiger partial charge in [0.1, 0.15) is 0 Å². The Kier molecular flexibility index (Phi) is 6.22. The summed E-state index contributed by atoms with van der Waals surface area (Å²) >= 11 is 0. The van der Waals surface area contributed by atoms with Gasteiger partial charge in [-0.15, -0.1) is 0 Å². The third-order valence-electron chi connectivity index (χ3n) is 6.87. The van der Waals surface area contributed by atoms with Gasteiger partial charge >= 0.3 is 5.97 Å². The Hall–Kier alpha value is -2.09. The molecule has 1 aromatic rings. The fraction of sp³-hybridized carbons (Fsp3) is 0.519. The van der Waals surface area contributed by atoms with E-state index < -0.39 is 5.97 Å². The maximum absolute atomic E-state index is 12.2. The van der Waals surface area contributed by atoms with Crippen LogP contribution in [0.15, 0.2) is 47.6 Å². The van der Waals surface area contributed by atoms with E-state index in [9.17, 15) is 9.90 Å². The SMILES string of the molecule is CC(C=CC1=CCCCCC1)=C(C(=O)O)c1ccc2c(c1)C(C)(C)CCC2(C)C. The average Bonchev–Trinajstić information content (AvgIpc) is 2.93. The van der Waals surface area contributed by atoms with Crippen molar-refractivity contribution in [2.45, 2.75) is 90.4 Å². The van der Waals surface area contributed by atoms with Gasteiger partial charge in [0.15, 0.2) is 0 Å². The molecular formula is C27H36O2. The first kappa shape index (κ1) is 21.6. The van der Waals surface area contributed by atoms with Gasteiger partial charge in [-0.2, -0.15) is 0 Å². The van der Waals surface area contributed by atoms with E-state index in [1.54, 1.807) is 0 Å². The molecule has 0 bridgehead atoms. The summed E-state index contributed by atoms with van der Waals surface area (Å²) in [5.74, 6) is -0.852. The lowest BCUT2D eigenvalue weighted by Gasteiger charge is -2.42. The fourth-order valence-corrected chi connectivity index (χ4v) is 4.77. The molecule has 0 atom stereocenters. The first-order valence-corrected chi connectivity index (χ1v) is 11.1. The zero-order valence-electron chi connectivity index (χ0n) is 18.8. The Labute approximate surface area is 176 Å². The molecule has 3 rings (SSSR count).